The number of hydrogen-bond donors (Lipinski definition) is 2. The van der Waals surface area contributed by atoms with Gasteiger partial charge in [-0.2, -0.15) is 0 Å². The third kappa shape index (κ3) is 4.43. The maximum atomic E-state index is 12.7. The molecule has 1 saturated carbocycles. The van der Waals surface area contributed by atoms with Gasteiger partial charge in [-0.3, -0.25) is 4.79 Å². The lowest BCUT2D eigenvalue weighted by Crippen LogP contribution is -2.54. The standard InChI is InChI=1S/C17H34N2O2/c1-7-21-10-15(11(2)3)19-16(20)13-8-9-14(18)12(4)17(13,5)6/h11-15H,7-10,18H2,1-6H3,(H,19,20). The average Bonchev–Trinajstić information content (AvgIpc) is 2.40. The fourth-order valence-corrected chi connectivity index (χ4v) is 3.25. The molecule has 4 atom stereocenters. The Labute approximate surface area is 130 Å². The molecule has 4 unspecified atom stereocenters. The lowest BCUT2D eigenvalue weighted by Gasteiger charge is -2.46. The molecule has 0 aromatic heterocycles. The van der Waals surface area contributed by atoms with Crippen LogP contribution in [-0.4, -0.2) is 31.2 Å². The summed E-state index contributed by atoms with van der Waals surface area (Å²) in [5.41, 5.74) is 6.12. The summed E-state index contributed by atoms with van der Waals surface area (Å²) in [6.07, 6.45) is 1.81. The molecular weight excluding hydrogens is 264 g/mol. The van der Waals surface area contributed by atoms with Crippen molar-refractivity contribution < 1.29 is 9.53 Å². The highest BCUT2D eigenvalue weighted by Gasteiger charge is 2.45. The second kappa shape index (κ2) is 7.59. The van der Waals surface area contributed by atoms with Gasteiger partial charge in [-0.15, -0.1) is 0 Å². The van der Waals surface area contributed by atoms with Gasteiger partial charge in [0.2, 0.25) is 5.91 Å². The minimum Gasteiger partial charge on any atom is -0.380 e. The highest BCUT2D eigenvalue weighted by atomic mass is 16.5. The highest BCUT2D eigenvalue weighted by molar-refractivity contribution is 5.80. The molecule has 1 amide bonds. The largest absolute Gasteiger partial charge is 0.380 e. The maximum Gasteiger partial charge on any atom is 0.223 e. The molecule has 124 valence electrons. The Kier molecular flexibility index (Phi) is 6.67. The molecular formula is C17H34N2O2. The van der Waals surface area contributed by atoms with E-state index in [2.05, 4.69) is 39.9 Å². The SMILES string of the molecule is CCOCC(NC(=O)C1CCC(N)C(C)C1(C)C)C(C)C. The Morgan fingerprint density at radius 2 is 2.00 bits per heavy atom. The van der Waals surface area contributed by atoms with E-state index in [4.69, 9.17) is 10.5 Å². The zero-order valence-electron chi connectivity index (χ0n) is 14.6. The van der Waals surface area contributed by atoms with Crippen LogP contribution in [0.5, 0.6) is 0 Å². The van der Waals surface area contributed by atoms with Crippen molar-refractivity contribution in [3.05, 3.63) is 0 Å². The van der Waals surface area contributed by atoms with Crippen molar-refractivity contribution in [3.8, 4) is 0 Å². The van der Waals surface area contributed by atoms with E-state index in [0.29, 0.717) is 25.0 Å². The van der Waals surface area contributed by atoms with Gasteiger partial charge in [-0.05, 0) is 37.0 Å². The van der Waals surface area contributed by atoms with E-state index in [9.17, 15) is 4.79 Å². The van der Waals surface area contributed by atoms with Crippen molar-refractivity contribution in [3.63, 3.8) is 0 Å². The van der Waals surface area contributed by atoms with E-state index in [0.717, 1.165) is 12.8 Å². The quantitative estimate of drug-likeness (QED) is 0.792. The summed E-state index contributed by atoms with van der Waals surface area (Å²) >= 11 is 0. The van der Waals surface area contributed by atoms with Gasteiger partial charge in [0.1, 0.15) is 0 Å². The first-order chi connectivity index (χ1) is 9.71. The van der Waals surface area contributed by atoms with E-state index >= 15 is 0 Å². The monoisotopic (exact) mass is 298 g/mol. The number of ether oxygens (including phenoxy) is 1. The number of hydrogen-bond acceptors (Lipinski definition) is 3. The van der Waals surface area contributed by atoms with Crippen LogP contribution in [0.25, 0.3) is 0 Å². The van der Waals surface area contributed by atoms with Crippen molar-refractivity contribution in [2.45, 2.75) is 66.5 Å². The third-order valence-corrected chi connectivity index (χ3v) is 5.45. The van der Waals surface area contributed by atoms with Crippen LogP contribution in [0.2, 0.25) is 0 Å². The molecule has 4 heteroatoms. The predicted molar refractivity (Wildman–Crippen MR) is 86.9 cm³/mol. The normalized spacial score (nSPS) is 30.2. The van der Waals surface area contributed by atoms with Crippen molar-refractivity contribution in [1.82, 2.24) is 5.32 Å². The van der Waals surface area contributed by atoms with Crippen LogP contribution in [0.1, 0.15) is 54.4 Å². The summed E-state index contributed by atoms with van der Waals surface area (Å²) in [6.45, 7) is 14.0. The number of nitrogens with one attached hydrogen (secondary N) is 1. The lowest BCUT2D eigenvalue weighted by molar-refractivity contribution is -0.134. The highest BCUT2D eigenvalue weighted by Crippen LogP contribution is 2.44. The molecule has 0 heterocycles. The molecule has 21 heavy (non-hydrogen) atoms. The molecule has 0 aromatic carbocycles. The Balaban J connectivity index is 2.73. The minimum absolute atomic E-state index is 0.0372. The average molecular weight is 298 g/mol. The minimum atomic E-state index is -0.0606. The first-order valence-corrected chi connectivity index (χ1v) is 8.35. The molecule has 0 spiro atoms. The van der Waals surface area contributed by atoms with Gasteiger partial charge >= 0.3 is 0 Å². The summed E-state index contributed by atoms with van der Waals surface area (Å²) in [7, 11) is 0. The molecule has 0 saturated heterocycles. The van der Waals surface area contributed by atoms with E-state index in [1.165, 1.54) is 0 Å². The third-order valence-electron chi connectivity index (χ3n) is 5.45. The van der Waals surface area contributed by atoms with E-state index in [1.807, 2.05) is 6.92 Å². The lowest BCUT2D eigenvalue weighted by atomic mass is 9.61. The summed E-state index contributed by atoms with van der Waals surface area (Å²) in [6, 6.07) is 0.285. The fourth-order valence-electron chi connectivity index (χ4n) is 3.25. The van der Waals surface area contributed by atoms with E-state index in [-0.39, 0.29) is 29.3 Å². The van der Waals surface area contributed by atoms with Crippen molar-refractivity contribution in [2.24, 2.45) is 28.9 Å². The Bertz CT molecular complexity index is 342. The molecule has 3 N–H and O–H groups in total. The molecule has 1 rings (SSSR count). The molecule has 0 aromatic rings. The molecule has 0 aliphatic heterocycles. The first kappa shape index (κ1) is 18.4. The molecule has 0 bridgehead atoms. The van der Waals surface area contributed by atoms with Crippen LogP contribution in [0.4, 0.5) is 0 Å². The number of rotatable bonds is 6. The van der Waals surface area contributed by atoms with Crippen LogP contribution in [0.3, 0.4) is 0 Å². The Morgan fingerprint density at radius 1 is 1.38 bits per heavy atom. The smallest absolute Gasteiger partial charge is 0.223 e. The second-order valence-electron chi connectivity index (χ2n) is 7.42. The van der Waals surface area contributed by atoms with Crippen molar-refractivity contribution in [2.75, 3.05) is 13.2 Å². The number of nitrogens with two attached hydrogens (primary N) is 1. The first-order valence-electron chi connectivity index (χ1n) is 8.35. The van der Waals surface area contributed by atoms with Gasteiger partial charge in [0.15, 0.2) is 0 Å². The Hall–Kier alpha value is -0.610. The number of amides is 1. The van der Waals surface area contributed by atoms with Crippen molar-refractivity contribution >= 4 is 5.91 Å². The van der Waals surface area contributed by atoms with Crippen LogP contribution in [0, 0.1) is 23.2 Å². The van der Waals surface area contributed by atoms with Gasteiger partial charge in [0.25, 0.3) is 0 Å². The fraction of sp³-hybridized carbons (Fsp3) is 0.941. The molecule has 0 radical (unpaired) electrons. The molecule has 4 nitrogen and oxygen atoms in total. The van der Waals surface area contributed by atoms with Crippen LogP contribution in [0.15, 0.2) is 0 Å². The second-order valence-corrected chi connectivity index (χ2v) is 7.42. The number of carbonyl (C=O) groups excluding carboxylic acids is 1. The zero-order chi connectivity index (χ0) is 16.2. The zero-order valence-corrected chi connectivity index (χ0v) is 14.6. The summed E-state index contributed by atoms with van der Waals surface area (Å²) in [5, 5.41) is 3.21. The topological polar surface area (TPSA) is 64.3 Å². The Morgan fingerprint density at radius 3 is 2.52 bits per heavy atom. The summed E-state index contributed by atoms with van der Waals surface area (Å²) < 4.78 is 5.50. The molecule has 1 fully saturated rings. The van der Waals surface area contributed by atoms with E-state index in [1.54, 1.807) is 0 Å². The van der Waals surface area contributed by atoms with Gasteiger partial charge in [-0.25, -0.2) is 0 Å². The molecule has 1 aliphatic rings. The van der Waals surface area contributed by atoms with Gasteiger partial charge in [-0.1, -0.05) is 34.6 Å². The van der Waals surface area contributed by atoms with Gasteiger partial charge in [0.05, 0.1) is 12.6 Å². The van der Waals surface area contributed by atoms with Gasteiger partial charge in [0, 0.05) is 18.6 Å². The predicted octanol–water partition coefficient (Wildman–Crippen LogP) is 2.56. The number of carbonyl (C=O) groups is 1. The maximum absolute atomic E-state index is 12.7. The van der Waals surface area contributed by atoms with Crippen LogP contribution < -0.4 is 11.1 Å². The summed E-state index contributed by atoms with van der Waals surface area (Å²) in [4.78, 5) is 12.7. The van der Waals surface area contributed by atoms with Crippen LogP contribution >= 0.6 is 0 Å². The van der Waals surface area contributed by atoms with E-state index < -0.39 is 0 Å². The van der Waals surface area contributed by atoms with Gasteiger partial charge < -0.3 is 15.8 Å². The van der Waals surface area contributed by atoms with Crippen molar-refractivity contribution in [1.29, 1.82) is 0 Å². The molecule has 1 aliphatic carbocycles. The van der Waals surface area contributed by atoms with Crippen LogP contribution in [-0.2, 0) is 9.53 Å². The summed E-state index contributed by atoms with van der Waals surface area (Å²) in [5.74, 6) is 0.922.